The number of amides is 2. The standard InChI is InChI=1S/C23H28N2O4/c1-17(29-21-14-8-7-13-20(21)28-2)22(26)24-19-12-6-5-11-18(19)23(27)25-15-9-3-4-10-16-25/h5-8,11-14,17H,3-4,9-10,15-16H2,1-2H3,(H,24,26)/t17-/m1/s1. The molecular formula is C23H28N2O4. The second-order valence-electron chi connectivity index (χ2n) is 7.15. The molecule has 0 aromatic heterocycles. The Balaban J connectivity index is 1.71. The van der Waals surface area contributed by atoms with Crippen molar-refractivity contribution in [1.29, 1.82) is 0 Å². The third-order valence-electron chi connectivity index (χ3n) is 5.05. The summed E-state index contributed by atoms with van der Waals surface area (Å²) in [5.41, 5.74) is 1.01. The van der Waals surface area contributed by atoms with Crippen LogP contribution in [0.3, 0.4) is 0 Å². The summed E-state index contributed by atoms with van der Waals surface area (Å²) in [4.78, 5) is 27.6. The lowest BCUT2D eigenvalue weighted by molar-refractivity contribution is -0.122. The van der Waals surface area contributed by atoms with E-state index in [1.807, 2.05) is 23.1 Å². The maximum Gasteiger partial charge on any atom is 0.265 e. The van der Waals surface area contributed by atoms with Gasteiger partial charge < -0.3 is 19.7 Å². The summed E-state index contributed by atoms with van der Waals surface area (Å²) < 4.78 is 11.0. The van der Waals surface area contributed by atoms with E-state index in [0.29, 0.717) is 22.7 Å². The van der Waals surface area contributed by atoms with Crippen LogP contribution in [0.25, 0.3) is 0 Å². The minimum Gasteiger partial charge on any atom is -0.493 e. The van der Waals surface area contributed by atoms with E-state index in [-0.39, 0.29) is 11.8 Å². The van der Waals surface area contributed by atoms with Crippen LogP contribution >= 0.6 is 0 Å². The molecule has 1 atom stereocenters. The molecule has 6 heteroatoms. The van der Waals surface area contributed by atoms with Crippen LogP contribution in [0.15, 0.2) is 48.5 Å². The molecule has 1 heterocycles. The minimum atomic E-state index is -0.757. The molecule has 0 unspecified atom stereocenters. The summed E-state index contributed by atoms with van der Waals surface area (Å²) in [6, 6.07) is 14.3. The lowest BCUT2D eigenvalue weighted by atomic mass is 10.1. The fraction of sp³-hybridized carbons (Fsp3) is 0.391. The molecule has 1 saturated heterocycles. The zero-order chi connectivity index (χ0) is 20.6. The number of carbonyl (C=O) groups excluding carboxylic acids is 2. The first kappa shape index (κ1) is 20.7. The second-order valence-corrected chi connectivity index (χ2v) is 7.15. The molecule has 1 N–H and O–H groups in total. The third kappa shape index (κ3) is 5.28. The lowest BCUT2D eigenvalue weighted by Crippen LogP contribution is -2.34. The van der Waals surface area contributed by atoms with E-state index >= 15 is 0 Å². The number of hydrogen-bond acceptors (Lipinski definition) is 4. The molecule has 1 fully saturated rings. The van der Waals surface area contributed by atoms with Crippen LogP contribution in [0.1, 0.15) is 43.0 Å². The molecule has 0 saturated carbocycles. The lowest BCUT2D eigenvalue weighted by Gasteiger charge is -2.22. The summed E-state index contributed by atoms with van der Waals surface area (Å²) in [5, 5.41) is 2.85. The molecule has 0 aliphatic carbocycles. The topological polar surface area (TPSA) is 67.9 Å². The first-order chi connectivity index (χ1) is 14.1. The zero-order valence-corrected chi connectivity index (χ0v) is 17.0. The van der Waals surface area contributed by atoms with Gasteiger partial charge in [-0.05, 0) is 44.0 Å². The summed E-state index contributed by atoms with van der Waals surface area (Å²) in [7, 11) is 1.55. The number of benzene rings is 2. The monoisotopic (exact) mass is 396 g/mol. The van der Waals surface area contributed by atoms with Gasteiger partial charge in [-0.15, -0.1) is 0 Å². The Morgan fingerprint density at radius 2 is 1.55 bits per heavy atom. The van der Waals surface area contributed by atoms with Crippen LogP contribution in [0.5, 0.6) is 11.5 Å². The van der Waals surface area contributed by atoms with Gasteiger partial charge in [0.05, 0.1) is 18.4 Å². The van der Waals surface area contributed by atoms with Crippen molar-refractivity contribution in [3.05, 3.63) is 54.1 Å². The molecule has 1 aliphatic heterocycles. The van der Waals surface area contributed by atoms with Gasteiger partial charge in [-0.3, -0.25) is 9.59 Å². The van der Waals surface area contributed by atoms with Crippen LogP contribution in [-0.2, 0) is 4.79 Å². The van der Waals surface area contributed by atoms with Crippen LogP contribution < -0.4 is 14.8 Å². The van der Waals surface area contributed by atoms with Crippen molar-refractivity contribution >= 4 is 17.5 Å². The predicted octanol–water partition coefficient (Wildman–Crippen LogP) is 4.12. The number of methoxy groups -OCH3 is 1. The summed E-state index contributed by atoms with van der Waals surface area (Å²) in [5.74, 6) is 0.684. The number of ether oxygens (including phenoxy) is 2. The van der Waals surface area contributed by atoms with Crippen molar-refractivity contribution in [2.45, 2.75) is 38.7 Å². The smallest absolute Gasteiger partial charge is 0.265 e. The Morgan fingerprint density at radius 1 is 0.931 bits per heavy atom. The van der Waals surface area contributed by atoms with E-state index in [4.69, 9.17) is 9.47 Å². The minimum absolute atomic E-state index is 0.0406. The number of likely N-dealkylation sites (tertiary alicyclic amines) is 1. The molecule has 29 heavy (non-hydrogen) atoms. The number of nitrogens with zero attached hydrogens (tertiary/aromatic N) is 1. The van der Waals surface area contributed by atoms with Crippen LogP contribution in [0, 0.1) is 0 Å². The van der Waals surface area contributed by atoms with Crippen molar-refractivity contribution < 1.29 is 19.1 Å². The summed E-state index contributed by atoms with van der Waals surface area (Å²) in [6.45, 7) is 3.18. The van der Waals surface area contributed by atoms with E-state index < -0.39 is 6.10 Å². The fourth-order valence-electron chi connectivity index (χ4n) is 3.42. The van der Waals surface area contributed by atoms with Gasteiger partial charge in [0.1, 0.15) is 0 Å². The van der Waals surface area contributed by atoms with Gasteiger partial charge in [-0.2, -0.15) is 0 Å². The van der Waals surface area contributed by atoms with Gasteiger partial charge in [0, 0.05) is 13.1 Å². The molecular weight excluding hydrogens is 368 g/mol. The van der Waals surface area contributed by atoms with Gasteiger partial charge in [0.2, 0.25) is 0 Å². The molecule has 6 nitrogen and oxygen atoms in total. The van der Waals surface area contributed by atoms with Crippen molar-refractivity contribution in [2.24, 2.45) is 0 Å². The average Bonchev–Trinajstić information content (AvgIpc) is 3.03. The van der Waals surface area contributed by atoms with Gasteiger partial charge in [-0.25, -0.2) is 0 Å². The molecule has 3 rings (SSSR count). The Morgan fingerprint density at radius 3 is 2.24 bits per heavy atom. The van der Waals surface area contributed by atoms with Crippen molar-refractivity contribution in [3.8, 4) is 11.5 Å². The molecule has 0 bridgehead atoms. The highest BCUT2D eigenvalue weighted by molar-refractivity contribution is 6.04. The Labute approximate surface area is 171 Å². The molecule has 2 amide bonds. The summed E-state index contributed by atoms with van der Waals surface area (Å²) in [6.07, 6.45) is 3.58. The van der Waals surface area contributed by atoms with E-state index in [2.05, 4.69) is 5.32 Å². The van der Waals surface area contributed by atoms with E-state index in [9.17, 15) is 9.59 Å². The SMILES string of the molecule is COc1ccccc1O[C@H](C)C(=O)Nc1ccccc1C(=O)N1CCCCCC1. The molecule has 154 valence electrons. The highest BCUT2D eigenvalue weighted by Crippen LogP contribution is 2.27. The van der Waals surface area contributed by atoms with Gasteiger partial charge >= 0.3 is 0 Å². The maximum atomic E-state index is 13.0. The summed E-state index contributed by atoms with van der Waals surface area (Å²) >= 11 is 0. The number of anilines is 1. The van der Waals surface area contributed by atoms with Gasteiger partial charge in [-0.1, -0.05) is 37.1 Å². The number of rotatable bonds is 6. The van der Waals surface area contributed by atoms with E-state index in [1.54, 1.807) is 44.4 Å². The van der Waals surface area contributed by atoms with E-state index in [1.165, 1.54) is 0 Å². The third-order valence-corrected chi connectivity index (χ3v) is 5.05. The van der Waals surface area contributed by atoms with Crippen molar-refractivity contribution in [1.82, 2.24) is 4.90 Å². The number of hydrogen-bond donors (Lipinski definition) is 1. The Hall–Kier alpha value is -3.02. The highest BCUT2D eigenvalue weighted by atomic mass is 16.5. The largest absolute Gasteiger partial charge is 0.493 e. The van der Waals surface area contributed by atoms with Crippen LogP contribution in [0.4, 0.5) is 5.69 Å². The molecule has 0 spiro atoms. The average molecular weight is 396 g/mol. The Bertz CT molecular complexity index is 844. The number of para-hydroxylation sites is 3. The molecule has 1 aliphatic rings. The fourth-order valence-corrected chi connectivity index (χ4v) is 3.42. The maximum absolute atomic E-state index is 13.0. The molecule has 2 aromatic rings. The number of nitrogens with one attached hydrogen (secondary N) is 1. The molecule has 2 aromatic carbocycles. The second kappa shape index (κ2) is 9.96. The van der Waals surface area contributed by atoms with Crippen molar-refractivity contribution in [2.75, 3.05) is 25.5 Å². The van der Waals surface area contributed by atoms with Gasteiger partial charge in [0.15, 0.2) is 17.6 Å². The highest BCUT2D eigenvalue weighted by Gasteiger charge is 2.23. The number of carbonyl (C=O) groups is 2. The van der Waals surface area contributed by atoms with Gasteiger partial charge in [0.25, 0.3) is 11.8 Å². The zero-order valence-electron chi connectivity index (χ0n) is 17.0. The van der Waals surface area contributed by atoms with Crippen LogP contribution in [-0.4, -0.2) is 43.0 Å². The first-order valence-corrected chi connectivity index (χ1v) is 10.1. The predicted molar refractivity (Wildman–Crippen MR) is 113 cm³/mol. The quantitative estimate of drug-likeness (QED) is 0.798. The Kier molecular flexibility index (Phi) is 7.11. The normalized spacial score (nSPS) is 15.2. The van der Waals surface area contributed by atoms with E-state index in [0.717, 1.165) is 38.8 Å². The van der Waals surface area contributed by atoms with Crippen LogP contribution in [0.2, 0.25) is 0 Å². The first-order valence-electron chi connectivity index (χ1n) is 10.1. The van der Waals surface area contributed by atoms with Crippen molar-refractivity contribution in [3.63, 3.8) is 0 Å². The molecule has 0 radical (unpaired) electrons.